The molecule has 0 saturated carbocycles. The van der Waals surface area contributed by atoms with Gasteiger partial charge in [0.05, 0.1) is 6.61 Å². The zero-order chi connectivity index (χ0) is 16.8. The molecule has 0 unspecified atom stereocenters. The Morgan fingerprint density at radius 2 is 1.88 bits per heavy atom. The largest absolute Gasteiger partial charge is 0.494 e. The van der Waals surface area contributed by atoms with Crippen LogP contribution in [0.1, 0.15) is 30.0 Å². The molecule has 0 atom stereocenters. The first kappa shape index (κ1) is 16.3. The number of carbonyl (C=O) groups excluding carboxylic acids is 1. The van der Waals surface area contributed by atoms with E-state index in [2.05, 4.69) is 25.1 Å². The molecule has 0 spiro atoms. The van der Waals surface area contributed by atoms with E-state index in [0.29, 0.717) is 6.54 Å². The molecule has 0 bridgehead atoms. The lowest BCUT2D eigenvalue weighted by atomic mass is 10.00. The molecule has 2 aromatic carbocycles. The van der Waals surface area contributed by atoms with Crippen molar-refractivity contribution < 1.29 is 9.53 Å². The van der Waals surface area contributed by atoms with Crippen molar-refractivity contribution in [2.75, 3.05) is 13.2 Å². The normalized spacial score (nSPS) is 13.8. The summed E-state index contributed by atoms with van der Waals surface area (Å²) in [6, 6.07) is 16.2. The zero-order valence-electron chi connectivity index (χ0n) is 14.1. The van der Waals surface area contributed by atoms with Gasteiger partial charge in [-0.25, -0.2) is 0 Å². The Balaban J connectivity index is 1.59. The predicted molar refractivity (Wildman–Crippen MR) is 96.8 cm³/mol. The fraction of sp³-hybridized carbons (Fsp3) is 0.286. The van der Waals surface area contributed by atoms with Gasteiger partial charge in [-0.05, 0) is 47.7 Å². The lowest BCUT2D eigenvalue weighted by Crippen LogP contribution is -2.34. The highest BCUT2D eigenvalue weighted by atomic mass is 16.5. The van der Waals surface area contributed by atoms with Crippen LogP contribution in [0.2, 0.25) is 0 Å². The standard InChI is InChI=1S/C21H23NO2/c1-2-15-24-20-10-7-17(8-11-20)9-12-21(23)22-14-13-18-5-3-4-6-19(18)16-22/h3-12H,2,13-16H2,1H3/b12-9+. The smallest absolute Gasteiger partial charge is 0.246 e. The Hall–Kier alpha value is -2.55. The summed E-state index contributed by atoms with van der Waals surface area (Å²) < 4.78 is 5.56. The minimum atomic E-state index is 0.0656. The molecule has 0 saturated heterocycles. The molecular weight excluding hydrogens is 298 g/mol. The molecule has 1 heterocycles. The zero-order valence-corrected chi connectivity index (χ0v) is 14.1. The lowest BCUT2D eigenvalue weighted by molar-refractivity contribution is -0.126. The number of ether oxygens (including phenoxy) is 1. The minimum absolute atomic E-state index is 0.0656. The maximum atomic E-state index is 12.4. The van der Waals surface area contributed by atoms with Gasteiger partial charge in [-0.15, -0.1) is 0 Å². The second-order valence-electron chi connectivity index (χ2n) is 6.03. The van der Waals surface area contributed by atoms with Gasteiger partial charge in [-0.3, -0.25) is 4.79 Å². The van der Waals surface area contributed by atoms with Crippen LogP contribution < -0.4 is 4.74 Å². The van der Waals surface area contributed by atoms with Crippen molar-refractivity contribution in [2.24, 2.45) is 0 Å². The highest BCUT2D eigenvalue weighted by molar-refractivity contribution is 5.91. The molecule has 124 valence electrons. The Bertz CT molecular complexity index is 719. The van der Waals surface area contributed by atoms with Crippen LogP contribution in [0.15, 0.2) is 54.6 Å². The summed E-state index contributed by atoms with van der Waals surface area (Å²) in [7, 11) is 0. The van der Waals surface area contributed by atoms with Crippen molar-refractivity contribution in [1.82, 2.24) is 4.90 Å². The van der Waals surface area contributed by atoms with Gasteiger partial charge in [0.2, 0.25) is 5.91 Å². The fourth-order valence-corrected chi connectivity index (χ4v) is 2.85. The predicted octanol–water partition coefficient (Wildman–Crippen LogP) is 4.07. The summed E-state index contributed by atoms with van der Waals surface area (Å²) in [5.74, 6) is 0.934. The third kappa shape index (κ3) is 4.05. The second-order valence-corrected chi connectivity index (χ2v) is 6.03. The quantitative estimate of drug-likeness (QED) is 0.777. The number of nitrogens with zero attached hydrogens (tertiary/aromatic N) is 1. The van der Waals surface area contributed by atoms with Gasteiger partial charge in [0, 0.05) is 19.2 Å². The van der Waals surface area contributed by atoms with Gasteiger partial charge in [0.25, 0.3) is 0 Å². The van der Waals surface area contributed by atoms with Gasteiger partial charge in [-0.2, -0.15) is 0 Å². The maximum absolute atomic E-state index is 12.4. The Labute approximate surface area is 143 Å². The fourth-order valence-electron chi connectivity index (χ4n) is 2.85. The highest BCUT2D eigenvalue weighted by Crippen LogP contribution is 2.19. The van der Waals surface area contributed by atoms with Crippen LogP contribution in [0, 0.1) is 0 Å². The molecule has 24 heavy (non-hydrogen) atoms. The van der Waals surface area contributed by atoms with Crippen LogP contribution in [0.25, 0.3) is 6.08 Å². The van der Waals surface area contributed by atoms with E-state index >= 15 is 0 Å². The van der Waals surface area contributed by atoms with Crippen molar-refractivity contribution >= 4 is 12.0 Å². The molecule has 3 heteroatoms. The number of carbonyl (C=O) groups is 1. The molecule has 0 fully saturated rings. The number of amides is 1. The number of rotatable bonds is 5. The van der Waals surface area contributed by atoms with Crippen LogP contribution in [0.3, 0.4) is 0 Å². The van der Waals surface area contributed by atoms with Crippen molar-refractivity contribution in [3.8, 4) is 5.75 Å². The van der Waals surface area contributed by atoms with Gasteiger partial charge in [0.1, 0.15) is 5.75 Å². The third-order valence-electron chi connectivity index (χ3n) is 4.21. The van der Waals surface area contributed by atoms with Gasteiger partial charge in [-0.1, -0.05) is 43.3 Å². The first-order valence-electron chi connectivity index (χ1n) is 8.53. The van der Waals surface area contributed by atoms with E-state index in [1.165, 1.54) is 11.1 Å². The summed E-state index contributed by atoms with van der Waals surface area (Å²) in [5, 5.41) is 0. The summed E-state index contributed by atoms with van der Waals surface area (Å²) in [4.78, 5) is 14.3. The average Bonchev–Trinajstić information content (AvgIpc) is 2.65. The Kier molecular flexibility index (Phi) is 5.32. The van der Waals surface area contributed by atoms with Crippen molar-refractivity contribution in [3.63, 3.8) is 0 Å². The monoisotopic (exact) mass is 321 g/mol. The summed E-state index contributed by atoms with van der Waals surface area (Å²) in [6.07, 6.45) is 5.45. The molecule has 0 aliphatic carbocycles. The maximum Gasteiger partial charge on any atom is 0.246 e. The molecule has 0 aromatic heterocycles. The van der Waals surface area contributed by atoms with Crippen LogP contribution >= 0.6 is 0 Å². The molecule has 1 aliphatic rings. The van der Waals surface area contributed by atoms with Crippen LogP contribution in [0.5, 0.6) is 5.75 Å². The molecule has 1 aliphatic heterocycles. The molecular formula is C21H23NO2. The topological polar surface area (TPSA) is 29.5 Å². The molecule has 3 nitrogen and oxygen atoms in total. The van der Waals surface area contributed by atoms with E-state index < -0.39 is 0 Å². The van der Waals surface area contributed by atoms with E-state index in [4.69, 9.17) is 4.74 Å². The number of hydrogen-bond donors (Lipinski definition) is 0. The molecule has 1 amide bonds. The van der Waals surface area contributed by atoms with Crippen LogP contribution in [-0.4, -0.2) is 24.0 Å². The summed E-state index contributed by atoms with van der Waals surface area (Å²) in [6.45, 7) is 4.29. The minimum Gasteiger partial charge on any atom is -0.494 e. The molecule has 0 radical (unpaired) electrons. The van der Waals surface area contributed by atoms with Gasteiger partial charge in [0.15, 0.2) is 0 Å². The van der Waals surface area contributed by atoms with E-state index in [9.17, 15) is 4.79 Å². The van der Waals surface area contributed by atoms with E-state index in [1.807, 2.05) is 41.3 Å². The molecule has 3 rings (SSSR count). The molecule has 0 N–H and O–H groups in total. The number of fused-ring (bicyclic) bond motifs is 1. The van der Waals surface area contributed by atoms with E-state index in [-0.39, 0.29) is 5.91 Å². The Morgan fingerprint density at radius 3 is 2.62 bits per heavy atom. The third-order valence-corrected chi connectivity index (χ3v) is 4.21. The number of benzene rings is 2. The first-order chi connectivity index (χ1) is 11.8. The number of hydrogen-bond acceptors (Lipinski definition) is 2. The van der Waals surface area contributed by atoms with E-state index in [1.54, 1.807) is 6.08 Å². The van der Waals surface area contributed by atoms with Crippen LogP contribution in [0.4, 0.5) is 0 Å². The highest BCUT2D eigenvalue weighted by Gasteiger charge is 2.18. The first-order valence-corrected chi connectivity index (χ1v) is 8.53. The van der Waals surface area contributed by atoms with Crippen molar-refractivity contribution in [2.45, 2.75) is 26.3 Å². The van der Waals surface area contributed by atoms with Crippen molar-refractivity contribution in [1.29, 1.82) is 0 Å². The van der Waals surface area contributed by atoms with Gasteiger partial charge >= 0.3 is 0 Å². The summed E-state index contributed by atoms with van der Waals surface area (Å²) in [5.41, 5.74) is 3.61. The Morgan fingerprint density at radius 1 is 1.12 bits per heavy atom. The van der Waals surface area contributed by atoms with Crippen LogP contribution in [-0.2, 0) is 17.8 Å². The SMILES string of the molecule is CCCOc1ccc(/C=C/C(=O)N2CCc3ccccc3C2)cc1. The van der Waals surface area contributed by atoms with Crippen molar-refractivity contribution in [3.05, 3.63) is 71.3 Å². The lowest BCUT2D eigenvalue weighted by Gasteiger charge is -2.27. The molecule has 2 aromatic rings. The van der Waals surface area contributed by atoms with E-state index in [0.717, 1.165) is 37.3 Å². The summed E-state index contributed by atoms with van der Waals surface area (Å²) >= 11 is 0. The van der Waals surface area contributed by atoms with Gasteiger partial charge < -0.3 is 9.64 Å². The second kappa shape index (κ2) is 7.82. The average molecular weight is 321 g/mol.